The van der Waals surface area contributed by atoms with Crippen LogP contribution in [0.15, 0.2) is 22.5 Å². The minimum atomic E-state index is -0.145. The van der Waals surface area contributed by atoms with Crippen molar-refractivity contribution in [2.24, 2.45) is 10.9 Å². The number of aliphatic imine (C=N–C) groups is 1. The van der Waals surface area contributed by atoms with Crippen LogP contribution in [0.5, 0.6) is 0 Å². The number of esters is 1. The second kappa shape index (κ2) is 11.2. The van der Waals surface area contributed by atoms with E-state index in [1.54, 1.807) is 7.05 Å². The molecule has 1 aromatic rings. The first-order valence-corrected chi connectivity index (χ1v) is 10.3. The first kappa shape index (κ1) is 20.7. The number of hydrogen-bond acceptors (Lipinski definition) is 5. The van der Waals surface area contributed by atoms with Gasteiger partial charge in [-0.3, -0.25) is 14.7 Å². The lowest BCUT2D eigenvalue weighted by Gasteiger charge is -2.39. The number of piperidine rings is 1. The highest BCUT2D eigenvalue weighted by molar-refractivity contribution is 7.10. The van der Waals surface area contributed by atoms with E-state index in [-0.39, 0.29) is 5.97 Å². The fourth-order valence-electron chi connectivity index (χ4n) is 3.53. The average molecular weight is 381 g/mol. The summed E-state index contributed by atoms with van der Waals surface area (Å²) in [6, 6.07) is 4.87. The van der Waals surface area contributed by atoms with Crippen molar-refractivity contribution in [3.8, 4) is 0 Å². The minimum Gasteiger partial charge on any atom is -0.469 e. The van der Waals surface area contributed by atoms with Gasteiger partial charge in [-0.15, -0.1) is 11.3 Å². The average Bonchev–Trinajstić information content (AvgIpc) is 3.17. The van der Waals surface area contributed by atoms with Crippen LogP contribution in [0, 0.1) is 5.92 Å². The van der Waals surface area contributed by atoms with E-state index < -0.39 is 0 Å². The molecule has 0 radical (unpaired) electrons. The van der Waals surface area contributed by atoms with Crippen molar-refractivity contribution in [1.82, 2.24) is 15.5 Å². The number of methoxy groups -OCH3 is 1. The first-order chi connectivity index (χ1) is 12.7. The number of unbranched alkanes of at least 4 members (excludes halogenated alkanes) is 1. The van der Waals surface area contributed by atoms with Gasteiger partial charge in [-0.05, 0) is 56.6 Å². The van der Waals surface area contributed by atoms with Crippen LogP contribution in [0.4, 0.5) is 0 Å². The maximum Gasteiger partial charge on any atom is 0.305 e. The van der Waals surface area contributed by atoms with Gasteiger partial charge in [0, 0.05) is 37.5 Å². The zero-order valence-corrected chi connectivity index (χ0v) is 17.0. The van der Waals surface area contributed by atoms with Crippen molar-refractivity contribution >= 4 is 23.3 Å². The van der Waals surface area contributed by atoms with Crippen molar-refractivity contribution in [3.63, 3.8) is 0 Å². The molecule has 0 aliphatic carbocycles. The Labute approximate surface area is 161 Å². The highest BCUT2D eigenvalue weighted by Gasteiger charge is 2.31. The molecular weight excluding hydrogens is 348 g/mol. The van der Waals surface area contributed by atoms with Crippen molar-refractivity contribution in [1.29, 1.82) is 0 Å². The molecule has 0 bridgehead atoms. The van der Waals surface area contributed by atoms with Crippen LogP contribution in [0.2, 0.25) is 0 Å². The van der Waals surface area contributed by atoms with Gasteiger partial charge in [-0.1, -0.05) is 6.07 Å². The van der Waals surface area contributed by atoms with Crippen LogP contribution in [0.3, 0.4) is 0 Å². The topological polar surface area (TPSA) is 66.0 Å². The summed E-state index contributed by atoms with van der Waals surface area (Å²) in [6.07, 6.45) is 4.69. The van der Waals surface area contributed by atoms with Gasteiger partial charge in [-0.2, -0.15) is 0 Å². The molecule has 0 saturated carbocycles. The van der Waals surface area contributed by atoms with E-state index in [2.05, 4.69) is 49.8 Å². The Morgan fingerprint density at radius 1 is 1.42 bits per heavy atom. The molecule has 2 N–H and O–H groups in total. The van der Waals surface area contributed by atoms with E-state index in [1.807, 2.05) is 11.3 Å². The summed E-state index contributed by atoms with van der Waals surface area (Å²) in [7, 11) is 5.46. The van der Waals surface area contributed by atoms with Crippen LogP contribution >= 0.6 is 11.3 Å². The van der Waals surface area contributed by atoms with Gasteiger partial charge < -0.3 is 15.4 Å². The largest absolute Gasteiger partial charge is 0.469 e. The Balaban J connectivity index is 1.76. The van der Waals surface area contributed by atoms with Crippen LogP contribution in [-0.4, -0.2) is 57.7 Å². The molecule has 1 aliphatic rings. The molecule has 1 saturated heterocycles. The molecule has 26 heavy (non-hydrogen) atoms. The van der Waals surface area contributed by atoms with Gasteiger partial charge in [0.2, 0.25) is 0 Å². The number of guanidine groups is 1. The lowest BCUT2D eigenvalue weighted by atomic mass is 9.88. The summed E-state index contributed by atoms with van der Waals surface area (Å²) < 4.78 is 4.66. The van der Waals surface area contributed by atoms with Crippen molar-refractivity contribution in [2.75, 3.05) is 40.8 Å². The molecule has 1 fully saturated rings. The highest BCUT2D eigenvalue weighted by atomic mass is 32.1. The first-order valence-electron chi connectivity index (χ1n) is 9.40. The molecule has 146 valence electrons. The minimum absolute atomic E-state index is 0.145. The normalized spacial score (nSPS) is 21.4. The highest BCUT2D eigenvalue weighted by Crippen LogP contribution is 2.36. The van der Waals surface area contributed by atoms with Crippen molar-refractivity contribution in [3.05, 3.63) is 22.4 Å². The maximum absolute atomic E-state index is 11.1. The number of rotatable bonds is 8. The van der Waals surface area contributed by atoms with Gasteiger partial charge in [0.1, 0.15) is 0 Å². The van der Waals surface area contributed by atoms with Crippen LogP contribution in [0.25, 0.3) is 0 Å². The Morgan fingerprint density at radius 2 is 2.27 bits per heavy atom. The van der Waals surface area contributed by atoms with Gasteiger partial charge >= 0.3 is 5.97 Å². The van der Waals surface area contributed by atoms with E-state index in [0.29, 0.717) is 18.4 Å². The summed E-state index contributed by atoms with van der Waals surface area (Å²) in [5, 5.41) is 8.99. The summed E-state index contributed by atoms with van der Waals surface area (Å²) in [4.78, 5) is 19.4. The predicted octanol–water partition coefficient (Wildman–Crippen LogP) is 2.64. The van der Waals surface area contributed by atoms with Gasteiger partial charge in [-0.25, -0.2) is 0 Å². The lowest BCUT2D eigenvalue weighted by molar-refractivity contribution is -0.140. The summed E-state index contributed by atoms with van der Waals surface area (Å²) >= 11 is 1.85. The number of likely N-dealkylation sites (tertiary alicyclic amines) is 1. The second-order valence-corrected chi connectivity index (χ2v) is 7.74. The summed E-state index contributed by atoms with van der Waals surface area (Å²) in [5.41, 5.74) is 0. The molecule has 2 rings (SSSR count). The van der Waals surface area contributed by atoms with Crippen LogP contribution in [-0.2, 0) is 9.53 Å². The summed E-state index contributed by atoms with van der Waals surface area (Å²) in [5.74, 6) is 1.26. The van der Waals surface area contributed by atoms with Gasteiger partial charge in [0.05, 0.1) is 7.11 Å². The van der Waals surface area contributed by atoms with Crippen molar-refractivity contribution in [2.45, 2.75) is 38.1 Å². The van der Waals surface area contributed by atoms with E-state index in [4.69, 9.17) is 0 Å². The van der Waals surface area contributed by atoms with Crippen LogP contribution in [0.1, 0.15) is 43.0 Å². The smallest absolute Gasteiger partial charge is 0.305 e. The number of ether oxygens (including phenoxy) is 1. The molecule has 2 heterocycles. The van der Waals surface area contributed by atoms with E-state index in [0.717, 1.165) is 38.4 Å². The number of carbonyl (C=O) groups is 1. The molecular formula is C19H32N4O2S. The molecule has 7 heteroatoms. The summed E-state index contributed by atoms with van der Waals surface area (Å²) in [6.45, 7) is 2.87. The van der Waals surface area contributed by atoms with Crippen molar-refractivity contribution < 1.29 is 9.53 Å². The number of nitrogens with zero attached hydrogens (tertiary/aromatic N) is 2. The predicted molar refractivity (Wildman–Crippen MR) is 108 cm³/mol. The third-order valence-electron chi connectivity index (χ3n) is 4.92. The number of carbonyl (C=O) groups excluding carboxylic acids is 1. The Morgan fingerprint density at radius 3 is 2.96 bits per heavy atom. The monoisotopic (exact) mass is 380 g/mol. The zero-order valence-electron chi connectivity index (χ0n) is 16.2. The fourth-order valence-corrected chi connectivity index (χ4v) is 4.52. The molecule has 2 atom stereocenters. The van der Waals surface area contributed by atoms with Gasteiger partial charge in [0.25, 0.3) is 0 Å². The third-order valence-corrected chi connectivity index (χ3v) is 5.87. The van der Waals surface area contributed by atoms with E-state index in [1.165, 1.54) is 24.8 Å². The molecule has 1 aromatic heterocycles. The standard InChI is InChI=1S/C19H32N4O2S/c1-20-19(21-11-5-4-10-17(24)25-3)22-14-15-8-6-12-23(2)18(15)16-9-7-13-26-16/h7,9,13,15,18H,4-6,8,10-12,14H2,1-3H3,(H2,20,21,22). The third kappa shape index (κ3) is 6.29. The van der Waals surface area contributed by atoms with Crippen LogP contribution < -0.4 is 10.6 Å². The SMILES string of the molecule is CN=C(NCCCCC(=O)OC)NCC1CCCN(C)C1c1cccs1. The number of hydrogen-bond donors (Lipinski definition) is 2. The fraction of sp³-hybridized carbons (Fsp3) is 0.684. The second-order valence-electron chi connectivity index (χ2n) is 6.76. The molecule has 0 spiro atoms. The zero-order chi connectivity index (χ0) is 18.8. The molecule has 2 unspecified atom stereocenters. The molecule has 0 aromatic carbocycles. The maximum atomic E-state index is 11.1. The Hall–Kier alpha value is -1.60. The van der Waals surface area contributed by atoms with Gasteiger partial charge in [0.15, 0.2) is 5.96 Å². The Kier molecular flexibility index (Phi) is 8.91. The molecule has 1 aliphatic heterocycles. The lowest BCUT2D eigenvalue weighted by Crippen LogP contribution is -2.45. The van der Waals surface area contributed by atoms with E-state index in [9.17, 15) is 4.79 Å². The number of nitrogens with one attached hydrogen (secondary N) is 2. The quantitative estimate of drug-likeness (QED) is 0.314. The number of thiophene rings is 1. The van der Waals surface area contributed by atoms with E-state index >= 15 is 0 Å². The molecule has 6 nitrogen and oxygen atoms in total. The Bertz CT molecular complexity index is 562. The molecule has 0 amide bonds.